The summed E-state index contributed by atoms with van der Waals surface area (Å²) in [6, 6.07) is 12.7. The van der Waals surface area contributed by atoms with Gasteiger partial charge >= 0.3 is 6.26 Å². The second-order valence-corrected chi connectivity index (χ2v) is 7.68. The first-order valence-corrected chi connectivity index (χ1v) is 11.7. The van der Waals surface area contributed by atoms with Crippen LogP contribution in [0.2, 0.25) is 0 Å². The molecule has 0 amide bonds. The van der Waals surface area contributed by atoms with Gasteiger partial charge in [0.2, 0.25) is 5.78 Å². The van der Waals surface area contributed by atoms with Crippen LogP contribution >= 0.6 is 0 Å². The Kier molecular flexibility index (Phi) is 10.7. The lowest BCUT2D eigenvalue weighted by Gasteiger charge is -2.22. The van der Waals surface area contributed by atoms with Crippen LogP contribution in [0.15, 0.2) is 70.2 Å². The third kappa shape index (κ3) is 7.05. The molecule has 7 heteroatoms. The van der Waals surface area contributed by atoms with Crippen LogP contribution in [0.25, 0.3) is 22.1 Å². The maximum atomic E-state index is 12.9. The zero-order chi connectivity index (χ0) is 25.8. The summed E-state index contributed by atoms with van der Waals surface area (Å²) in [7, 11) is 0. The molecular weight excluding hydrogens is 444 g/mol. The number of nitrogens with zero attached hydrogens (tertiary/aromatic N) is 2. The van der Waals surface area contributed by atoms with Gasteiger partial charge in [-0.05, 0) is 49.9 Å². The Morgan fingerprint density at radius 3 is 2.34 bits per heavy atom. The number of benzene rings is 2. The molecule has 0 spiro atoms. The number of hydrogen-bond acceptors (Lipinski definition) is 7. The van der Waals surface area contributed by atoms with Gasteiger partial charge in [-0.15, -0.1) is 5.26 Å². The molecule has 35 heavy (non-hydrogen) atoms. The lowest BCUT2D eigenvalue weighted by molar-refractivity contribution is -0.238. The molecule has 0 N–H and O–H groups in total. The quantitative estimate of drug-likeness (QED) is 0.0900. The van der Waals surface area contributed by atoms with E-state index in [2.05, 4.69) is 23.3 Å². The fourth-order valence-electron chi connectivity index (χ4n) is 3.46. The average Bonchev–Trinajstić information content (AvgIpc) is 2.89. The predicted octanol–water partition coefficient (Wildman–Crippen LogP) is 5.89. The van der Waals surface area contributed by atoms with E-state index in [0.29, 0.717) is 34.4 Å². The number of Topliss-reactive ketones (excluding diaryl/α,β-unsaturated/α-hetero) is 1. The van der Waals surface area contributed by atoms with E-state index in [9.17, 15) is 9.59 Å². The van der Waals surface area contributed by atoms with E-state index in [1.165, 1.54) is 12.5 Å². The number of fused-ring (bicyclic) bond motifs is 1. The van der Waals surface area contributed by atoms with Crippen molar-refractivity contribution in [3.05, 3.63) is 82.4 Å². The molecule has 1 heterocycles. The van der Waals surface area contributed by atoms with Crippen LogP contribution in [0.1, 0.15) is 50.0 Å². The monoisotopic (exact) mass is 476 g/mol. The highest BCUT2D eigenvalue weighted by Crippen LogP contribution is 2.22. The molecule has 3 aromatic rings. The van der Waals surface area contributed by atoms with Crippen LogP contribution in [0.3, 0.4) is 0 Å². The van der Waals surface area contributed by atoms with Gasteiger partial charge in [-0.3, -0.25) is 14.5 Å². The molecule has 0 fully saturated rings. The van der Waals surface area contributed by atoms with E-state index in [4.69, 9.17) is 9.68 Å². The number of ketones is 1. The fourth-order valence-corrected chi connectivity index (χ4v) is 3.46. The number of likely N-dealkylation sites (N-methyl/N-ethyl adjacent to an activating group) is 1. The fraction of sp³-hybridized carbons (Fsp3) is 0.321. The predicted molar refractivity (Wildman–Crippen MR) is 137 cm³/mol. The third-order valence-corrected chi connectivity index (χ3v) is 5.50. The molecule has 184 valence electrons. The van der Waals surface area contributed by atoms with Gasteiger partial charge in [0.05, 0.1) is 23.3 Å². The third-order valence-electron chi connectivity index (χ3n) is 5.50. The first-order valence-electron chi connectivity index (χ1n) is 11.7. The Labute approximate surface area is 206 Å². The second kappa shape index (κ2) is 13.7. The van der Waals surface area contributed by atoms with E-state index in [0.717, 1.165) is 37.1 Å². The minimum absolute atomic E-state index is 0.0736. The summed E-state index contributed by atoms with van der Waals surface area (Å²) in [5.74, 6) is -0.104. The number of allylic oxidation sites excluding steroid dienone is 1. The van der Waals surface area contributed by atoms with Crippen molar-refractivity contribution >= 4 is 16.8 Å². The molecule has 0 unspecified atom stereocenters. The summed E-state index contributed by atoms with van der Waals surface area (Å²) < 4.78 is 5.71. The smallest absolute Gasteiger partial charge is 0.324 e. The van der Waals surface area contributed by atoms with E-state index in [-0.39, 0.29) is 11.2 Å². The topological polar surface area (TPSA) is 92.8 Å². The minimum Gasteiger partial charge on any atom is -0.463 e. The highest BCUT2D eigenvalue weighted by molar-refractivity contribution is 6.08. The van der Waals surface area contributed by atoms with Gasteiger partial charge in [-0.25, -0.2) is 0 Å². The van der Waals surface area contributed by atoms with Gasteiger partial charge in [0.1, 0.15) is 11.8 Å². The van der Waals surface area contributed by atoms with Gasteiger partial charge in [0.15, 0.2) is 5.43 Å². The maximum absolute atomic E-state index is 12.9. The van der Waals surface area contributed by atoms with Crippen molar-refractivity contribution < 1.29 is 19.0 Å². The Morgan fingerprint density at radius 2 is 1.77 bits per heavy atom. The van der Waals surface area contributed by atoms with Crippen molar-refractivity contribution in [1.29, 1.82) is 5.26 Å². The van der Waals surface area contributed by atoms with Crippen molar-refractivity contribution in [2.45, 2.75) is 40.5 Å². The number of hydrogen-bond donors (Lipinski definition) is 0. The molecule has 0 aliphatic carbocycles. The van der Waals surface area contributed by atoms with Gasteiger partial charge in [-0.2, -0.15) is 4.89 Å². The number of aryl methyl sites for hydroxylation is 1. The van der Waals surface area contributed by atoms with Gasteiger partial charge < -0.3 is 9.32 Å². The van der Waals surface area contributed by atoms with E-state index in [1.54, 1.807) is 24.3 Å². The molecule has 0 radical (unpaired) electrons. The Bertz CT molecular complexity index is 1230. The standard InChI is InChI=1S/C24H25NO3.C4H7NO2/c1-5-17-8-13-20-22(14-17)28-15-21(24(20)27)18-9-11-19(12-10-18)23(26)16(4)25(6-2)7-3;1-2-3-6-7-4-5/h8-15H,4-7H2,1-3H3;2-3H2,1H3. The zero-order valence-electron chi connectivity index (χ0n) is 20.8. The maximum Gasteiger partial charge on any atom is 0.324 e. The number of nitriles is 1. The SMILES string of the molecule is C=C(C(=O)c1ccc(-c2coc3cc(CC)ccc3c2=O)cc1)N(CC)CC.CCCOOC#N. The summed E-state index contributed by atoms with van der Waals surface area (Å²) >= 11 is 0. The minimum atomic E-state index is -0.104. The lowest BCUT2D eigenvalue weighted by atomic mass is 10.0. The number of rotatable bonds is 10. The molecule has 0 saturated heterocycles. The molecule has 2 aromatic carbocycles. The van der Waals surface area contributed by atoms with Gasteiger partial charge in [0, 0.05) is 18.7 Å². The van der Waals surface area contributed by atoms with Gasteiger partial charge in [0.25, 0.3) is 0 Å². The van der Waals surface area contributed by atoms with Crippen LogP contribution in [0, 0.1) is 11.5 Å². The molecule has 0 saturated carbocycles. The molecule has 0 atom stereocenters. The number of carbonyl (C=O) groups excluding carboxylic acids is 1. The second-order valence-electron chi connectivity index (χ2n) is 7.68. The zero-order valence-corrected chi connectivity index (χ0v) is 20.8. The Morgan fingerprint density at radius 1 is 1.09 bits per heavy atom. The molecule has 3 rings (SSSR count). The lowest BCUT2D eigenvalue weighted by Crippen LogP contribution is -2.26. The van der Waals surface area contributed by atoms with Crippen LogP contribution in [-0.4, -0.2) is 30.4 Å². The van der Waals surface area contributed by atoms with E-state index < -0.39 is 0 Å². The van der Waals surface area contributed by atoms with Crippen molar-refractivity contribution in [2.75, 3.05) is 19.7 Å². The number of carbonyl (C=O) groups is 1. The highest BCUT2D eigenvalue weighted by atomic mass is 17.2. The summed E-state index contributed by atoms with van der Waals surface area (Å²) in [4.78, 5) is 35.6. The first-order chi connectivity index (χ1) is 16.9. The Hall–Kier alpha value is -3.89. The Balaban J connectivity index is 0.000000540. The van der Waals surface area contributed by atoms with Crippen LogP contribution < -0.4 is 5.43 Å². The van der Waals surface area contributed by atoms with Crippen LogP contribution in [0.5, 0.6) is 0 Å². The van der Waals surface area contributed by atoms with E-state index in [1.807, 2.05) is 43.9 Å². The highest BCUT2D eigenvalue weighted by Gasteiger charge is 2.16. The first kappa shape index (κ1) is 27.4. The van der Waals surface area contributed by atoms with Crippen LogP contribution in [0.4, 0.5) is 0 Å². The summed E-state index contributed by atoms with van der Waals surface area (Å²) in [6.07, 6.45) is 4.62. The largest absolute Gasteiger partial charge is 0.463 e. The molecule has 0 bridgehead atoms. The van der Waals surface area contributed by atoms with Gasteiger partial charge in [-0.1, -0.05) is 50.8 Å². The molecule has 0 aliphatic heterocycles. The molecule has 0 aliphatic rings. The van der Waals surface area contributed by atoms with Crippen molar-refractivity contribution in [1.82, 2.24) is 4.90 Å². The summed E-state index contributed by atoms with van der Waals surface area (Å²) in [5.41, 5.74) is 3.89. The average molecular weight is 477 g/mol. The molecule has 1 aromatic heterocycles. The normalized spacial score (nSPS) is 10.1. The van der Waals surface area contributed by atoms with Crippen molar-refractivity contribution in [3.63, 3.8) is 0 Å². The van der Waals surface area contributed by atoms with Crippen molar-refractivity contribution in [2.24, 2.45) is 0 Å². The molecule has 7 nitrogen and oxygen atoms in total. The summed E-state index contributed by atoms with van der Waals surface area (Å²) in [5, 5.41) is 8.26. The van der Waals surface area contributed by atoms with Crippen LogP contribution in [-0.2, 0) is 16.2 Å². The van der Waals surface area contributed by atoms with E-state index >= 15 is 0 Å². The van der Waals surface area contributed by atoms with Crippen molar-refractivity contribution in [3.8, 4) is 17.4 Å². The molecular formula is C28H32N2O5. The summed E-state index contributed by atoms with van der Waals surface area (Å²) in [6.45, 7) is 13.9.